The molecule has 1 unspecified atom stereocenters. The van der Waals surface area contributed by atoms with Gasteiger partial charge in [-0.05, 0) is 38.8 Å². The minimum absolute atomic E-state index is 0.327. The van der Waals surface area contributed by atoms with E-state index >= 15 is 0 Å². The van der Waals surface area contributed by atoms with Crippen molar-refractivity contribution >= 4 is 21.7 Å². The highest BCUT2D eigenvalue weighted by Crippen LogP contribution is 2.25. The minimum atomic E-state index is -3.57. The molecule has 2 aromatic rings. The molecule has 0 bridgehead atoms. The molecule has 35 heavy (non-hydrogen) atoms. The van der Waals surface area contributed by atoms with Crippen molar-refractivity contribution in [1.29, 1.82) is 0 Å². The molecule has 0 spiro atoms. The lowest BCUT2D eigenvalue weighted by Crippen LogP contribution is -2.49. The summed E-state index contributed by atoms with van der Waals surface area (Å²) in [5, 5.41) is 13.2. The lowest BCUT2D eigenvalue weighted by Gasteiger charge is -2.36. The summed E-state index contributed by atoms with van der Waals surface area (Å²) in [6, 6.07) is 4.03. The third kappa shape index (κ3) is 5.02. The number of aromatic nitrogens is 4. The fourth-order valence-electron chi connectivity index (χ4n) is 5.31. The first-order valence-electron chi connectivity index (χ1n) is 12.5. The van der Waals surface area contributed by atoms with Crippen LogP contribution < -0.4 is 9.80 Å². The van der Waals surface area contributed by atoms with Gasteiger partial charge in [-0.2, -0.15) is 9.40 Å². The fraction of sp³-hybridized carbons (Fsp3) is 0.696. The summed E-state index contributed by atoms with van der Waals surface area (Å²) >= 11 is 0. The molecule has 1 atom stereocenters. The van der Waals surface area contributed by atoms with E-state index in [9.17, 15) is 8.42 Å². The maximum atomic E-state index is 13.2. The van der Waals surface area contributed by atoms with Crippen LogP contribution >= 0.6 is 0 Å². The van der Waals surface area contributed by atoms with E-state index in [4.69, 9.17) is 4.74 Å². The van der Waals surface area contributed by atoms with Crippen LogP contribution in [0.15, 0.2) is 17.0 Å². The van der Waals surface area contributed by atoms with Crippen molar-refractivity contribution in [3.8, 4) is 0 Å². The number of ether oxygens (including phenoxy) is 1. The molecule has 192 valence electrons. The minimum Gasteiger partial charge on any atom is -0.377 e. The Labute approximate surface area is 207 Å². The third-order valence-electron chi connectivity index (χ3n) is 7.42. The molecule has 11 nitrogen and oxygen atoms in total. The molecule has 12 heteroatoms. The molecular formula is C23H36N8O3S. The monoisotopic (exact) mass is 504 g/mol. The number of nitrogens with zero attached hydrogens (tertiary/aromatic N) is 8. The largest absolute Gasteiger partial charge is 0.377 e. The number of piperazine rings is 2. The van der Waals surface area contributed by atoms with Crippen LogP contribution in [-0.4, -0.2) is 109 Å². The second kappa shape index (κ2) is 10.00. The molecule has 0 aromatic carbocycles. The van der Waals surface area contributed by atoms with Gasteiger partial charge in [0.1, 0.15) is 4.90 Å². The van der Waals surface area contributed by atoms with E-state index in [1.165, 1.54) is 12.8 Å². The van der Waals surface area contributed by atoms with E-state index in [2.05, 4.69) is 30.0 Å². The zero-order chi connectivity index (χ0) is 24.6. The van der Waals surface area contributed by atoms with Crippen LogP contribution in [-0.2, 0) is 21.8 Å². The summed E-state index contributed by atoms with van der Waals surface area (Å²) in [6.45, 7) is 11.3. The van der Waals surface area contributed by atoms with Crippen LogP contribution in [0.4, 0.5) is 11.6 Å². The lowest BCUT2D eigenvalue weighted by molar-refractivity contribution is 0.0712. The summed E-state index contributed by atoms with van der Waals surface area (Å²) in [4.78, 5) is 7.20. The first-order chi connectivity index (χ1) is 16.8. The fourth-order valence-corrected chi connectivity index (χ4v) is 7.13. The van der Waals surface area contributed by atoms with Crippen molar-refractivity contribution in [3.05, 3.63) is 23.5 Å². The number of hydrogen-bond donors (Lipinski definition) is 0. The SMILES string of the molecule is Cc1nn(C)c(C)c1S(=O)(=O)N1CCN(c2ccc(N3CCN(CC4CCCO4)CC3)nn2)CC1. The highest BCUT2D eigenvalue weighted by atomic mass is 32.2. The van der Waals surface area contributed by atoms with Gasteiger partial charge >= 0.3 is 0 Å². The summed E-state index contributed by atoms with van der Waals surface area (Å²) in [6.07, 6.45) is 2.76. The Balaban J connectivity index is 1.15. The van der Waals surface area contributed by atoms with Gasteiger partial charge in [-0.1, -0.05) is 0 Å². The van der Waals surface area contributed by atoms with Crippen molar-refractivity contribution in [3.63, 3.8) is 0 Å². The Kier molecular flexibility index (Phi) is 6.97. The van der Waals surface area contributed by atoms with Gasteiger partial charge in [-0.3, -0.25) is 9.58 Å². The molecule has 0 amide bonds. The van der Waals surface area contributed by atoms with Crippen molar-refractivity contribution in [2.45, 2.75) is 37.7 Å². The van der Waals surface area contributed by atoms with Crippen LogP contribution in [0.1, 0.15) is 24.2 Å². The number of rotatable bonds is 6. The maximum absolute atomic E-state index is 13.2. The average Bonchev–Trinajstić information content (AvgIpc) is 3.46. The average molecular weight is 505 g/mol. The molecule has 3 saturated heterocycles. The number of aryl methyl sites for hydroxylation is 2. The van der Waals surface area contributed by atoms with Gasteiger partial charge in [-0.25, -0.2) is 8.42 Å². The van der Waals surface area contributed by atoms with Crippen molar-refractivity contribution in [2.75, 3.05) is 75.3 Å². The van der Waals surface area contributed by atoms with E-state index in [0.29, 0.717) is 48.6 Å². The standard InChI is InChI=1S/C23H36N8O3S/c1-18-23(19(2)27(3)26-18)35(32,33)31-14-12-30(13-15-31)22-7-6-21(24-25-22)29-10-8-28(9-11-29)17-20-5-4-16-34-20/h6-7,20H,4-5,8-17H2,1-3H3. The van der Waals surface area contributed by atoms with Crippen LogP contribution in [0.3, 0.4) is 0 Å². The smallest absolute Gasteiger partial charge is 0.246 e. The van der Waals surface area contributed by atoms with Crippen LogP contribution in [0, 0.1) is 13.8 Å². The van der Waals surface area contributed by atoms with E-state index in [-0.39, 0.29) is 0 Å². The predicted molar refractivity (Wildman–Crippen MR) is 133 cm³/mol. The van der Waals surface area contributed by atoms with Gasteiger partial charge in [-0.15, -0.1) is 10.2 Å². The van der Waals surface area contributed by atoms with Crippen LogP contribution in [0.25, 0.3) is 0 Å². The Morgan fingerprint density at radius 1 is 0.943 bits per heavy atom. The second-order valence-electron chi connectivity index (χ2n) is 9.69. The first-order valence-corrected chi connectivity index (χ1v) is 13.9. The molecule has 0 N–H and O–H groups in total. The molecule has 2 aromatic heterocycles. The van der Waals surface area contributed by atoms with E-state index in [0.717, 1.165) is 51.0 Å². The first kappa shape index (κ1) is 24.4. The molecular weight excluding hydrogens is 468 g/mol. The summed E-state index contributed by atoms with van der Waals surface area (Å²) in [5.74, 6) is 1.69. The topological polar surface area (TPSA) is 99.9 Å². The molecule has 3 aliphatic heterocycles. The molecule has 5 rings (SSSR count). The molecule has 0 radical (unpaired) electrons. The Hall–Kier alpha value is -2.28. The number of anilines is 2. The van der Waals surface area contributed by atoms with Gasteiger partial charge in [0.05, 0.1) is 17.5 Å². The van der Waals surface area contributed by atoms with Gasteiger partial charge < -0.3 is 14.5 Å². The molecule has 5 heterocycles. The van der Waals surface area contributed by atoms with Crippen LogP contribution in [0.2, 0.25) is 0 Å². The predicted octanol–water partition coefficient (Wildman–Crippen LogP) is 0.639. The van der Waals surface area contributed by atoms with E-state index in [1.807, 2.05) is 12.1 Å². The third-order valence-corrected chi connectivity index (χ3v) is 9.57. The summed E-state index contributed by atoms with van der Waals surface area (Å²) in [7, 11) is -1.80. The van der Waals surface area contributed by atoms with Gasteiger partial charge in [0.15, 0.2) is 11.6 Å². The highest BCUT2D eigenvalue weighted by Gasteiger charge is 2.33. The van der Waals surface area contributed by atoms with E-state index in [1.54, 1.807) is 29.9 Å². The zero-order valence-electron chi connectivity index (χ0n) is 20.9. The Morgan fingerprint density at radius 2 is 1.54 bits per heavy atom. The highest BCUT2D eigenvalue weighted by molar-refractivity contribution is 7.89. The van der Waals surface area contributed by atoms with Crippen LogP contribution in [0.5, 0.6) is 0 Å². The van der Waals surface area contributed by atoms with Crippen molar-refractivity contribution < 1.29 is 13.2 Å². The van der Waals surface area contributed by atoms with Gasteiger partial charge in [0.2, 0.25) is 10.0 Å². The van der Waals surface area contributed by atoms with E-state index < -0.39 is 10.0 Å². The Bertz CT molecular complexity index is 1110. The second-order valence-corrected chi connectivity index (χ2v) is 11.6. The lowest BCUT2D eigenvalue weighted by atomic mass is 10.2. The quantitative estimate of drug-likeness (QED) is 0.561. The van der Waals surface area contributed by atoms with Gasteiger partial charge in [0.25, 0.3) is 0 Å². The number of hydrogen-bond acceptors (Lipinski definition) is 9. The Morgan fingerprint density at radius 3 is 2.03 bits per heavy atom. The van der Waals surface area contributed by atoms with Gasteiger partial charge in [0, 0.05) is 72.6 Å². The van der Waals surface area contributed by atoms with Crippen molar-refractivity contribution in [1.82, 2.24) is 29.2 Å². The normalized spacial score (nSPS) is 22.8. The molecule has 0 aliphatic carbocycles. The van der Waals surface area contributed by atoms with Crippen molar-refractivity contribution in [2.24, 2.45) is 7.05 Å². The molecule has 0 saturated carbocycles. The number of sulfonamides is 1. The summed E-state index contributed by atoms with van der Waals surface area (Å²) in [5.41, 5.74) is 1.21. The molecule has 3 fully saturated rings. The zero-order valence-corrected chi connectivity index (χ0v) is 21.7. The molecule has 3 aliphatic rings. The maximum Gasteiger partial charge on any atom is 0.246 e. The summed E-state index contributed by atoms with van der Waals surface area (Å²) < 4.78 is 35.4.